The van der Waals surface area contributed by atoms with Crippen LogP contribution in [0.1, 0.15) is 0 Å². The Morgan fingerprint density at radius 1 is 1.25 bits per heavy atom. The molecule has 0 unspecified atom stereocenters. The number of hydrogen-bond donors (Lipinski definition) is 0. The van der Waals surface area contributed by atoms with Gasteiger partial charge in [0.25, 0.3) is 0 Å². The minimum Gasteiger partial charge on any atom is -0.395 e. The second kappa shape index (κ2) is 4.12. The highest BCUT2D eigenvalue weighted by Crippen LogP contribution is 2.08. The lowest BCUT2D eigenvalue weighted by atomic mass is 10.3. The smallest absolute Gasteiger partial charge is 0.395 e. The fraction of sp³-hybridized carbons (Fsp3) is 0. The quantitative estimate of drug-likeness (QED) is 0.288. The van der Waals surface area contributed by atoms with Gasteiger partial charge in [0.15, 0.2) is 0 Å². The molecule has 0 aliphatic heterocycles. The summed E-state index contributed by atoms with van der Waals surface area (Å²) in [5.41, 5.74) is 0. The van der Waals surface area contributed by atoms with Crippen molar-refractivity contribution in [3.63, 3.8) is 0 Å². The van der Waals surface area contributed by atoms with Crippen LogP contribution in [0.2, 0.25) is 0 Å². The summed E-state index contributed by atoms with van der Waals surface area (Å²) in [7, 11) is 0. The lowest BCUT2D eigenvalue weighted by Crippen LogP contribution is -2.08. The van der Waals surface area contributed by atoms with E-state index >= 15 is 0 Å². The molecular weight excluding hydrogens is 160 g/mol. The molecule has 0 N–H and O–H groups in total. The van der Waals surface area contributed by atoms with Gasteiger partial charge >= 0.3 is 12.6 Å². The molecule has 0 saturated heterocycles. The van der Waals surface area contributed by atoms with E-state index in [9.17, 15) is 9.59 Å². The summed E-state index contributed by atoms with van der Waals surface area (Å²) in [6.45, 7) is 0.0191. The number of rotatable bonds is 2. The Morgan fingerprint density at radius 3 is 2.50 bits per heavy atom. The van der Waals surface area contributed by atoms with Crippen LogP contribution in [0, 0.1) is 0 Å². The van der Waals surface area contributed by atoms with Gasteiger partial charge in [0, 0.05) is 0 Å². The fourth-order valence-electron chi connectivity index (χ4n) is 0.648. The van der Waals surface area contributed by atoms with Crippen molar-refractivity contribution in [1.29, 1.82) is 0 Å². The minimum absolute atomic E-state index is 0.0191. The molecule has 62 valence electrons. The molecule has 0 aromatic heterocycles. The van der Waals surface area contributed by atoms with Crippen LogP contribution in [0.5, 0.6) is 5.75 Å². The van der Waals surface area contributed by atoms with E-state index in [0.717, 1.165) is 0 Å². The van der Waals surface area contributed by atoms with Gasteiger partial charge in [-0.2, -0.15) is 0 Å². The van der Waals surface area contributed by atoms with Crippen molar-refractivity contribution in [2.24, 2.45) is 0 Å². The van der Waals surface area contributed by atoms with Crippen LogP contribution in [0.15, 0.2) is 30.3 Å². The van der Waals surface area contributed by atoms with Gasteiger partial charge in [-0.15, -0.1) is 0 Å². The molecule has 1 rings (SSSR count). The van der Waals surface area contributed by atoms with Crippen molar-refractivity contribution in [2.45, 2.75) is 0 Å². The molecule has 0 bridgehead atoms. The Kier molecular flexibility index (Phi) is 2.84. The number of carbonyl (C=O) groups excluding carboxylic acids is 2. The van der Waals surface area contributed by atoms with Gasteiger partial charge in [0.1, 0.15) is 5.75 Å². The van der Waals surface area contributed by atoms with Crippen LogP contribution < -0.4 is 4.74 Å². The molecule has 1 aromatic carbocycles. The van der Waals surface area contributed by atoms with Gasteiger partial charge in [-0.05, 0) is 12.1 Å². The summed E-state index contributed by atoms with van der Waals surface area (Å²) in [6.07, 6.45) is -1.03. The van der Waals surface area contributed by atoms with E-state index in [4.69, 9.17) is 0 Å². The highest BCUT2D eigenvalue weighted by Gasteiger charge is 2.02. The molecule has 4 nitrogen and oxygen atoms in total. The first-order valence-electron chi connectivity index (χ1n) is 3.20. The van der Waals surface area contributed by atoms with E-state index < -0.39 is 6.16 Å². The van der Waals surface area contributed by atoms with E-state index in [0.29, 0.717) is 5.75 Å². The van der Waals surface area contributed by atoms with Gasteiger partial charge in [-0.3, -0.25) is 4.79 Å². The Labute approximate surface area is 68.7 Å². The van der Waals surface area contributed by atoms with Crippen molar-refractivity contribution < 1.29 is 19.1 Å². The molecular formula is C8H6O4. The summed E-state index contributed by atoms with van der Waals surface area (Å²) in [4.78, 5) is 20.2. The molecule has 0 aliphatic rings. The Balaban J connectivity index is 2.52. The predicted octanol–water partition coefficient (Wildman–Crippen LogP) is 1.36. The van der Waals surface area contributed by atoms with Crippen LogP contribution in [0.4, 0.5) is 4.79 Å². The van der Waals surface area contributed by atoms with Crippen molar-refractivity contribution in [3.05, 3.63) is 30.3 Å². The lowest BCUT2D eigenvalue weighted by Gasteiger charge is -1.98. The average molecular weight is 166 g/mol. The minimum atomic E-state index is -1.03. The standard InChI is InChI=1S/C8H6O4/c9-6-11-8(10)12-7-4-2-1-3-5-7/h1-6H. The van der Waals surface area contributed by atoms with Crippen molar-refractivity contribution in [1.82, 2.24) is 0 Å². The van der Waals surface area contributed by atoms with Gasteiger partial charge in [0.2, 0.25) is 0 Å². The molecule has 0 amide bonds. The molecule has 0 saturated carbocycles. The van der Waals surface area contributed by atoms with Crippen molar-refractivity contribution in [3.8, 4) is 5.75 Å². The van der Waals surface area contributed by atoms with Crippen LogP contribution in [0.3, 0.4) is 0 Å². The van der Waals surface area contributed by atoms with Crippen molar-refractivity contribution >= 4 is 12.6 Å². The highest BCUT2D eigenvalue weighted by molar-refractivity contribution is 5.71. The van der Waals surface area contributed by atoms with Crippen LogP contribution in [-0.2, 0) is 9.53 Å². The molecule has 1 aromatic rings. The Morgan fingerprint density at radius 2 is 1.92 bits per heavy atom. The normalized spacial score (nSPS) is 8.67. The van der Waals surface area contributed by atoms with Gasteiger partial charge in [-0.25, -0.2) is 4.79 Å². The maximum Gasteiger partial charge on any atom is 0.521 e. The van der Waals surface area contributed by atoms with E-state index in [1.54, 1.807) is 30.3 Å². The molecule has 0 fully saturated rings. The SMILES string of the molecule is O=COC(=O)Oc1ccccc1. The maximum atomic E-state index is 10.5. The second-order valence-corrected chi connectivity index (χ2v) is 1.88. The van der Waals surface area contributed by atoms with Crippen molar-refractivity contribution in [2.75, 3.05) is 0 Å². The molecule has 0 aliphatic carbocycles. The lowest BCUT2D eigenvalue weighted by molar-refractivity contribution is -0.124. The zero-order valence-corrected chi connectivity index (χ0v) is 6.10. The molecule has 0 heterocycles. The molecule has 12 heavy (non-hydrogen) atoms. The first kappa shape index (κ1) is 8.26. The van der Waals surface area contributed by atoms with Crippen LogP contribution in [0.25, 0.3) is 0 Å². The summed E-state index contributed by atoms with van der Waals surface area (Å²) in [5, 5.41) is 0. The number of hydrogen-bond acceptors (Lipinski definition) is 4. The summed E-state index contributed by atoms with van der Waals surface area (Å²) >= 11 is 0. The fourth-order valence-corrected chi connectivity index (χ4v) is 0.648. The third-order valence-corrected chi connectivity index (χ3v) is 1.09. The molecule has 0 spiro atoms. The van der Waals surface area contributed by atoms with E-state index in [-0.39, 0.29) is 6.47 Å². The number of ether oxygens (including phenoxy) is 2. The van der Waals surface area contributed by atoms with E-state index in [2.05, 4.69) is 9.47 Å². The molecule has 0 atom stereocenters. The number of para-hydroxylation sites is 1. The van der Waals surface area contributed by atoms with Gasteiger partial charge in [-0.1, -0.05) is 18.2 Å². The number of carbonyl (C=O) groups is 2. The van der Waals surface area contributed by atoms with Crippen LogP contribution >= 0.6 is 0 Å². The zero-order valence-electron chi connectivity index (χ0n) is 6.10. The number of benzene rings is 1. The second-order valence-electron chi connectivity index (χ2n) is 1.88. The Hall–Kier alpha value is -1.84. The van der Waals surface area contributed by atoms with E-state index in [1.165, 1.54) is 0 Å². The van der Waals surface area contributed by atoms with Gasteiger partial charge < -0.3 is 9.47 Å². The monoisotopic (exact) mass is 166 g/mol. The first-order chi connectivity index (χ1) is 5.83. The van der Waals surface area contributed by atoms with Crippen LogP contribution in [-0.4, -0.2) is 12.6 Å². The maximum absolute atomic E-state index is 10.5. The summed E-state index contributed by atoms with van der Waals surface area (Å²) in [5.74, 6) is 0.337. The third kappa shape index (κ3) is 2.42. The third-order valence-electron chi connectivity index (χ3n) is 1.09. The summed E-state index contributed by atoms with van der Waals surface area (Å²) in [6, 6.07) is 8.32. The Bertz CT molecular complexity index is 268. The largest absolute Gasteiger partial charge is 0.521 e. The first-order valence-corrected chi connectivity index (χ1v) is 3.20. The molecule has 4 heteroatoms. The van der Waals surface area contributed by atoms with E-state index in [1.807, 2.05) is 0 Å². The predicted molar refractivity (Wildman–Crippen MR) is 39.6 cm³/mol. The topological polar surface area (TPSA) is 52.6 Å². The highest BCUT2D eigenvalue weighted by atomic mass is 16.7. The van der Waals surface area contributed by atoms with Gasteiger partial charge in [0.05, 0.1) is 0 Å². The molecule has 0 radical (unpaired) electrons. The average Bonchev–Trinajstić information content (AvgIpc) is 2.06. The zero-order chi connectivity index (χ0) is 8.81. The summed E-state index contributed by atoms with van der Waals surface area (Å²) < 4.78 is 8.47.